The van der Waals surface area contributed by atoms with Gasteiger partial charge >= 0.3 is 0 Å². The van der Waals surface area contributed by atoms with E-state index in [-0.39, 0.29) is 0 Å². The molecule has 1 aromatic carbocycles. The monoisotopic (exact) mass is 384 g/mol. The summed E-state index contributed by atoms with van der Waals surface area (Å²) in [7, 11) is 0. The first-order chi connectivity index (χ1) is 13.8. The molecule has 0 heterocycles. The van der Waals surface area contributed by atoms with Gasteiger partial charge in [-0.1, -0.05) is 83.1 Å². The predicted octanol–water partition coefficient (Wildman–Crippen LogP) is 8.52. The highest BCUT2D eigenvalue weighted by atomic mass is 16.5. The van der Waals surface area contributed by atoms with Gasteiger partial charge in [-0.05, 0) is 74.5 Å². The normalized spacial score (nSPS) is 19.9. The average molecular weight is 385 g/mol. The number of allylic oxidation sites excluding steroid dienone is 2. The summed E-state index contributed by atoms with van der Waals surface area (Å²) in [5, 5.41) is 0. The van der Waals surface area contributed by atoms with E-state index < -0.39 is 0 Å². The van der Waals surface area contributed by atoms with Gasteiger partial charge in [0.1, 0.15) is 5.75 Å². The predicted molar refractivity (Wildman–Crippen MR) is 123 cm³/mol. The van der Waals surface area contributed by atoms with Gasteiger partial charge in [-0.25, -0.2) is 0 Å². The quantitative estimate of drug-likeness (QED) is 0.231. The first-order valence-corrected chi connectivity index (χ1v) is 12.2. The molecule has 1 aromatic rings. The fraction of sp³-hybridized carbons (Fsp3) is 0.704. The first-order valence-electron chi connectivity index (χ1n) is 12.2. The van der Waals surface area contributed by atoms with Crippen molar-refractivity contribution < 1.29 is 4.74 Å². The van der Waals surface area contributed by atoms with E-state index in [1.807, 2.05) is 0 Å². The number of aryl methyl sites for hydroxylation is 1. The van der Waals surface area contributed by atoms with Gasteiger partial charge in [0.2, 0.25) is 0 Å². The number of benzene rings is 1. The molecule has 158 valence electrons. The fourth-order valence-corrected chi connectivity index (χ4v) is 4.36. The Morgan fingerprint density at radius 2 is 1.57 bits per heavy atom. The molecule has 1 fully saturated rings. The van der Waals surface area contributed by atoms with Crippen LogP contribution in [0.1, 0.15) is 103 Å². The van der Waals surface area contributed by atoms with Crippen molar-refractivity contribution in [1.82, 2.24) is 0 Å². The summed E-state index contributed by atoms with van der Waals surface area (Å²) < 4.78 is 5.84. The van der Waals surface area contributed by atoms with Gasteiger partial charge in [-0.15, -0.1) is 0 Å². The van der Waals surface area contributed by atoms with Gasteiger partial charge in [0.25, 0.3) is 0 Å². The van der Waals surface area contributed by atoms with E-state index in [1.54, 1.807) is 0 Å². The van der Waals surface area contributed by atoms with Gasteiger partial charge in [0, 0.05) is 0 Å². The Kier molecular flexibility index (Phi) is 12.1. The summed E-state index contributed by atoms with van der Waals surface area (Å²) in [6, 6.07) is 8.74. The maximum atomic E-state index is 5.84. The third-order valence-corrected chi connectivity index (χ3v) is 6.31. The number of hydrogen-bond donors (Lipinski definition) is 0. The SMILES string of the molecule is CCCCCCOc1ccc(CC/C=C/[C@H]2CC[C@H](CCCCC)CC2)cc1. The van der Waals surface area contributed by atoms with Crippen LogP contribution in [0.2, 0.25) is 0 Å². The fourth-order valence-electron chi connectivity index (χ4n) is 4.36. The molecule has 0 aromatic heterocycles. The minimum Gasteiger partial charge on any atom is -0.494 e. The lowest BCUT2D eigenvalue weighted by Gasteiger charge is -2.26. The van der Waals surface area contributed by atoms with Crippen LogP contribution in [0.3, 0.4) is 0 Å². The summed E-state index contributed by atoms with van der Waals surface area (Å²) >= 11 is 0. The second-order valence-corrected chi connectivity index (χ2v) is 8.80. The van der Waals surface area contributed by atoms with Crippen LogP contribution in [0.25, 0.3) is 0 Å². The summed E-state index contributed by atoms with van der Waals surface area (Å²) in [4.78, 5) is 0. The Morgan fingerprint density at radius 1 is 0.857 bits per heavy atom. The molecule has 0 unspecified atom stereocenters. The topological polar surface area (TPSA) is 9.23 Å². The number of unbranched alkanes of at least 4 members (excludes halogenated alkanes) is 5. The third kappa shape index (κ3) is 9.80. The van der Waals surface area contributed by atoms with Crippen LogP contribution in [0, 0.1) is 11.8 Å². The molecule has 0 aliphatic heterocycles. The number of ether oxygens (including phenoxy) is 1. The van der Waals surface area contributed by atoms with E-state index in [2.05, 4.69) is 50.3 Å². The van der Waals surface area contributed by atoms with Crippen molar-refractivity contribution in [3.05, 3.63) is 42.0 Å². The Morgan fingerprint density at radius 3 is 2.29 bits per heavy atom. The lowest BCUT2D eigenvalue weighted by molar-refractivity contribution is 0.289. The molecule has 0 amide bonds. The molecular formula is C27H44O. The molecule has 2 rings (SSSR count). The van der Waals surface area contributed by atoms with Gasteiger partial charge in [-0.2, -0.15) is 0 Å². The zero-order valence-corrected chi connectivity index (χ0v) is 18.6. The van der Waals surface area contributed by atoms with E-state index in [0.29, 0.717) is 0 Å². The van der Waals surface area contributed by atoms with Gasteiger partial charge in [0.05, 0.1) is 6.61 Å². The van der Waals surface area contributed by atoms with Crippen LogP contribution in [0.4, 0.5) is 0 Å². The average Bonchev–Trinajstić information content (AvgIpc) is 2.73. The van der Waals surface area contributed by atoms with Gasteiger partial charge < -0.3 is 4.74 Å². The minimum absolute atomic E-state index is 0.839. The smallest absolute Gasteiger partial charge is 0.119 e. The van der Waals surface area contributed by atoms with Crippen molar-refractivity contribution in [2.75, 3.05) is 6.61 Å². The Hall–Kier alpha value is -1.24. The minimum atomic E-state index is 0.839. The van der Waals surface area contributed by atoms with Crippen molar-refractivity contribution >= 4 is 0 Å². The number of rotatable bonds is 14. The highest BCUT2D eigenvalue weighted by Crippen LogP contribution is 2.32. The van der Waals surface area contributed by atoms with Crippen molar-refractivity contribution in [3.8, 4) is 5.75 Å². The van der Waals surface area contributed by atoms with E-state index in [4.69, 9.17) is 4.74 Å². The highest BCUT2D eigenvalue weighted by molar-refractivity contribution is 5.27. The van der Waals surface area contributed by atoms with E-state index >= 15 is 0 Å². The molecule has 1 nitrogen and oxygen atoms in total. The lowest BCUT2D eigenvalue weighted by Crippen LogP contribution is -2.13. The van der Waals surface area contributed by atoms with Crippen molar-refractivity contribution in [2.45, 2.75) is 104 Å². The molecule has 0 radical (unpaired) electrons. The van der Waals surface area contributed by atoms with E-state index in [1.165, 1.54) is 82.6 Å². The molecular weight excluding hydrogens is 340 g/mol. The first kappa shape index (κ1) is 23.0. The summed E-state index contributed by atoms with van der Waals surface area (Å²) in [5.41, 5.74) is 1.42. The molecule has 28 heavy (non-hydrogen) atoms. The van der Waals surface area contributed by atoms with E-state index in [9.17, 15) is 0 Å². The van der Waals surface area contributed by atoms with E-state index in [0.717, 1.165) is 37.0 Å². The molecule has 0 bridgehead atoms. The Bertz CT molecular complexity index is 508. The van der Waals surface area contributed by atoms with Crippen LogP contribution >= 0.6 is 0 Å². The van der Waals surface area contributed by atoms with Crippen molar-refractivity contribution in [1.29, 1.82) is 0 Å². The number of hydrogen-bond acceptors (Lipinski definition) is 1. The maximum Gasteiger partial charge on any atom is 0.119 e. The largest absolute Gasteiger partial charge is 0.494 e. The maximum absolute atomic E-state index is 5.84. The van der Waals surface area contributed by atoms with Crippen LogP contribution < -0.4 is 4.74 Å². The van der Waals surface area contributed by atoms with Crippen LogP contribution in [-0.2, 0) is 6.42 Å². The molecule has 1 saturated carbocycles. The van der Waals surface area contributed by atoms with Crippen LogP contribution in [-0.4, -0.2) is 6.61 Å². The highest BCUT2D eigenvalue weighted by Gasteiger charge is 2.18. The standard InChI is InChI=1S/C27H44O/c1-3-5-7-11-23-28-27-21-19-26(20-22-27)14-10-9-13-25-17-15-24(16-18-25)12-8-6-4-2/h9,13,19-22,24-25H,3-8,10-12,14-18,23H2,1-2H3/b13-9+/t24-,25-. The molecule has 1 aliphatic rings. The molecule has 0 spiro atoms. The summed E-state index contributed by atoms with van der Waals surface area (Å²) in [6.45, 7) is 5.40. The molecule has 1 heteroatoms. The van der Waals surface area contributed by atoms with Crippen molar-refractivity contribution in [2.24, 2.45) is 11.8 Å². The zero-order chi connectivity index (χ0) is 19.9. The molecule has 0 atom stereocenters. The second kappa shape index (κ2) is 14.7. The Balaban J connectivity index is 1.56. The lowest BCUT2D eigenvalue weighted by atomic mass is 9.79. The summed E-state index contributed by atoms with van der Waals surface area (Å²) in [5.74, 6) is 2.88. The van der Waals surface area contributed by atoms with Gasteiger partial charge in [-0.3, -0.25) is 0 Å². The molecule has 0 N–H and O–H groups in total. The second-order valence-electron chi connectivity index (χ2n) is 8.80. The van der Waals surface area contributed by atoms with Gasteiger partial charge in [0.15, 0.2) is 0 Å². The van der Waals surface area contributed by atoms with Crippen molar-refractivity contribution in [3.63, 3.8) is 0 Å². The van der Waals surface area contributed by atoms with Crippen LogP contribution in [0.5, 0.6) is 5.75 Å². The third-order valence-electron chi connectivity index (χ3n) is 6.31. The molecule has 1 aliphatic carbocycles. The summed E-state index contributed by atoms with van der Waals surface area (Å²) in [6.07, 6.45) is 23.7. The molecule has 0 saturated heterocycles. The van der Waals surface area contributed by atoms with Crippen LogP contribution in [0.15, 0.2) is 36.4 Å². The zero-order valence-electron chi connectivity index (χ0n) is 18.6. The Labute approximate surface area is 175 Å².